The third-order valence-electron chi connectivity index (χ3n) is 3.31. The van der Waals surface area contributed by atoms with Gasteiger partial charge in [0, 0.05) is 37.8 Å². The minimum absolute atomic E-state index is 0. The van der Waals surface area contributed by atoms with Gasteiger partial charge in [-0.25, -0.2) is 8.78 Å². The van der Waals surface area contributed by atoms with E-state index in [1.807, 2.05) is 6.92 Å². The second-order valence-corrected chi connectivity index (χ2v) is 4.35. The molecule has 2 nitrogen and oxygen atoms in total. The Balaban J connectivity index is 0.00000162. The number of piperazine rings is 1. The van der Waals surface area contributed by atoms with Gasteiger partial charge in [-0.3, -0.25) is 4.90 Å². The van der Waals surface area contributed by atoms with E-state index >= 15 is 0 Å². The van der Waals surface area contributed by atoms with Gasteiger partial charge in [-0.1, -0.05) is 13.0 Å². The predicted molar refractivity (Wildman–Crippen MR) is 71.1 cm³/mol. The maximum atomic E-state index is 13.8. The van der Waals surface area contributed by atoms with Gasteiger partial charge >= 0.3 is 0 Å². The first-order valence-electron chi connectivity index (χ1n) is 6.12. The zero-order valence-electron chi connectivity index (χ0n) is 10.5. The molecule has 1 fully saturated rings. The van der Waals surface area contributed by atoms with Crippen LogP contribution in [0.15, 0.2) is 18.2 Å². The van der Waals surface area contributed by atoms with Crippen LogP contribution in [0.1, 0.15) is 24.9 Å². The molecule has 0 amide bonds. The Morgan fingerprint density at radius 3 is 2.28 bits per heavy atom. The molecule has 1 aliphatic rings. The molecule has 1 heterocycles. The zero-order chi connectivity index (χ0) is 12.3. The van der Waals surface area contributed by atoms with Gasteiger partial charge < -0.3 is 5.32 Å². The van der Waals surface area contributed by atoms with Crippen molar-refractivity contribution in [2.24, 2.45) is 0 Å². The SMILES string of the molecule is CC[C@@H](c1c(F)cccc1F)N1CCNCC1.Cl. The molecule has 5 heteroatoms. The van der Waals surface area contributed by atoms with E-state index < -0.39 is 11.6 Å². The second kappa shape index (κ2) is 7.02. The Morgan fingerprint density at radius 2 is 1.78 bits per heavy atom. The summed E-state index contributed by atoms with van der Waals surface area (Å²) in [6, 6.07) is 3.93. The minimum atomic E-state index is -0.435. The molecule has 1 atom stereocenters. The molecule has 1 N–H and O–H groups in total. The lowest BCUT2D eigenvalue weighted by molar-refractivity contribution is 0.163. The lowest BCUT2D eigenvalue weighted by Gasteiger charge is -2.34. The van der Waals surface area contributed by atoms with E-state index in [0.717, 1.165) is 32.6 Å². The minimum Gasteiger partial charge on any atom is -0.314 e. The summed E-state index contributed by atoms with van der Waals surface area (Å²) >= 11 is 0. The molecule has 1 aromatic carbocycles. The van der Waals surface area contributed by atoms with Crippen LogP contribution in [0, 0.1) is 11.6 Å². The van der Waals surface area contributed by atoms with E-state index in [9.17, 15) is 8.78 Å². The molecule has 0 bridgehead atoms. The van der Waals surface area contributed by atoms with Crippen molar-refractivity contribution in [2.45, 2.75) is 19.4 Å². The average Bonchev–Trinajstić information content (AvgIpc) is 2.35. The molecule has 18 heavy (non-hydrogen) atoms. The Morgan fingerprint density at radius 1 is 1.22 bits per heavy atom. The lowest BCUT2D eigenvalue weighted by atomic mass is 10.0. The van der Waals surface area contributed by atoms with Crippen molar-refractivity contribution in [2.75, 3.05) is 26.2 Å². The number of benzene rings is 1. The molecule has 1 aromatic rings. The molecule has 0 saturated carbocycles. The van der Waals surface area contributed by atoms with Crippen molar-refractivity contribution in [1.82, 2.24) is 10.2 Å². The standard InChI is InChI=1S/C13H18F2N2.ClH/c1-2-12(17-8-6-16-7-9-17)13-10(14)4-3-5-11(13)15;/h3-5,12,16H,2,6-9H2,1H3;1H/t12-;/m0./s1. The first-order valence-corrected chi connectivity index (χ1v) is 6.12. The Labute approximate surface area is 113 Å². The highest BCUT2D eigenvalue weighted by Gasteiger charge is 2.25. The van der Waals surface area contributed by atoms with Crippen LogP contribution in [0.5, 0.6) is 0 Å². The van der Waals surface area contributed by atoms with Crippen molar-refractivity contribution >= 4 is 12.4 Å². The maximum Gasteiger partial charge on any atom is 0.130 e. The van der Waals surface area contributed by atoms with E-state index in [-0.39, 0.29) is 24.0 Å². The van der Waals surface area contributed by atoms with Crippen LogP contribution in [0.4, 0.5) is 8.78 Å². The van der Waals surface area contributed by atoms with Crippen molar-refractivity contribution in [3.05, 3.63) is 35.4 Å². The van der Waals surface area contributed by atoms with E-state index in [0.29, 0.717) is 0 Å². The fraction of sp³-hybridized carbons (Fsp3) is 0.538. The van der Waals surface area contributed by atoms with Gasteiger partial charge in [-0.05, 0) is 18.6 Å². The highest BCUT2D eigenvalue weighted by atomic mass is 35.5. The third kappa shape index (κ3) is 3.19. The Kier molecular flexibility index (Phi) is 5.99. The van der Waals surface area contributed by atoms with Crippen molar-refractivity contribution < 1.29 is 8.78 Å². The zero-order valence-corrected chi connectivity index (χ0v) is 11.3. The molecule has 0 aromatic heterocycles. The molecule has 0 unspecified atom stereocenters. The van der Waals surface area contributed by atoms with Crippen LogP contribution in [0.3, 0.4) is 0 Å². The van der Waals surface area contributed by atoms with E-state index in [1.54, 1.807) is 0 Å². The largest absolute Gasteiger partial charge is 0.314 e. The molecule has 0 aliphatic carbocycles. The topological polar surface area (TPSA) is 15.3 Å². The summed E-state index contributed by atoms with van der Waals surface area (Å²) in [6.45, 7) is 5.41. The smallest absolute Gasteiger partial charge is 0.130 e. The molecule has 1 saturated heterocycles. The quantitative estimate of drug-likeness (QED) is 0.913. The van der Waals surface area contributed by atoms with Crippen molar-refractivity contribution in [1.29, 1.82) is 0 Å². The fourth-order valence-electron chi connectivity index (χ4n) is 2.47. The number of hydrogen-bond donors (Lipinski definition) is 1. The van der Waals surface area contributed by atoms with Crippen LogP contribution < -0.4 is 5.32 Å². The number of rotatable bonds is 3. The highest BCUT2D eigenvalue weighted by molar-refractivity contribution is 5.85. The molecule has 0 radical (unpaired) electrons. The fourth-order valence-corrected chi connectivity index (χ4v) is 2.47. The summed E-state index contributed by atoms with van der Waals surface area (Å²) in [5, 5.41) is 3.25. The van der Waals surface area contributed by atoms with Crippen LogP contribution in [-0.4, -0.2) is 31.1 Å². The third-order valence-corrected chi connectivity index (χ3v) is 3.31. The van der Waals surface area contributed by atoms with Gasteiger partial charge in [0.1, 0.15) is 11.6 Å². The summed E-state index contributed by atoms with van der Waals surface area (Å²) in [5.41, 5.74) is 0.219. The van der Waals surface area contributed by atoms with Gasteiger partial charge in [-0.15, -0.1) is 12.4 Å². The van der Waals surface area contributed by atoms with E-state index in [4.69, 9.17) is 0 Å². The average molecular weight is 277 g/mol. The molecular formula is C13H19ClF2N2. The number of hydrogen-bond acceptors (Lipinski definition) is 2. The molecule has 2 rings (SSSR count). The molecule has 1 aliphatic heterocycles. The summed E-state index contributed by atoms with van der Waals surface area (Å²) in [5.74, 6) is -0.870. The summed E-state index contributed by atoms with van der Waals surface area (Å²) in [6.07, 6.45) is 0.720. The highest BCUT2D eigenvalue weighted by Crippen LogP contribution is 2.28. The van der Waals surface area contributed by atoms with Crippen molar-refractivity contribution in [3.8, 4) is 0 Å². The molecular weight excluding hydrogens is 258 g/mol. The lowest BCUT2D eigenvalue weighted by Crippen LogP contribution is -2.45. The Bertz CT molecular complexity index is 361. The van der Waals surface area contributed by atoms with Gasteiger partial charge in [0.05, 0.1) is 0 Å². The maximum absolute atomic E-state index is 13.8. The van der Waals surface area contributed by atoms with Gasteiger partial charge in [0.2, 0.25) is 0 Å². The summed E-state index contributed by atoms with van der Waals surface area (Å²) in [4.78, 5) is 2.15. The first kappa shape index (κ1) is 15.3. The second-order valence-electron chi connectivity index (χ2n) is 4.35. The summed E-state index contributed by atoms with van der Waals surface area (Å²) < 4.78 is 27.5. The van der Waals surface area contributed by atoms with Crippen LogP contribution in [0.2, 0.25) is 0 Å². The Hall–Kier alpha value is -0.710. The first-order chi connectivity index (χ1) is 8.24. The monoisotopic (exact) mass is 276 g/mol. The molecule has 102 valence electrons. The van der Waals surface area contributed by atoms with E-state index in [2.05, 4.69) is 10.2 Å². The van der Waals surface area contributed by atoms with Gasteiger partial charge in [0.15, 0.2) is 0 Å². The predicted octanol–water partition coefficient (Wildman–Crippen LogP) is 2.74. The van der Waals surface area contributed by atoms with Crippen LogP contribution >= 0.6 is 12.4 Å². The van der Waals surface area contributed by atoms with Gasteiger partial charge in [0.25, 0.3) is 0 Å². The van der Waals surface area contributed by atoms with Gasteiger partial charge in [-0.2, -0.15) is 0 Å². The summed E-state index contributed by atoms with van der Waals surface area (Å²) in [7, 11) is 0. The number of halogens is 3. The van der Waals surface area contributed by atoms with Crippen LogP contribution in [-0.2, 0) is 0 Å². The van der Waals surface area contributed by atoms with Crippen LogP contribution in [0.25, 0.3) is 0 Å². The normalized spacial score (nSPS) is 18.2. The van der Waals surface area contributed by atoms with E-state index in [1.165, 1.54) is 18.2 Å². The number of nitrogens with zero attached hydrogens (tertiary/aromatic N) is 1. The molecule has 0 spiro atoms. The number of nitrogens with one attached hydrogen (secondary N) is 1. The van der Waals surface area contributed by atoms with Crippen molar-refractivity contribution in [3.63, 3.8) is 0 Å².